The summed E-state index contributed by atoms with van der Waals surface area (Å²) in [5.74, 6) is 0. The zero-order chi connectivity index (χ0) is 13.9. The first-order valence-corrected chi connectivity index (χ1v) is 7.04. The third-order valence-electron chi connectivity index (χ3n) is 3.55. The average Bonchev–Trinajstić information content (AvgIpc) is 2.13. The molecular formula is C17H29N. The summed E-state index contributed by atoms with van der Waals surface area (Å²) in [4.78, 5) is 0. The van der Waals surface area contributed by atoms with Gasteiger partial charge in [-0.05, 0) is 55.7 Å². The first-order chi connectivity index (χ1) is 8.20. The Morgan fingerprint density at radius 1 is 1.06 bits per heavy atom. The van der Waals surface area contributed by atoms with Crippen LogP contribution in [0.4, 0.5) is 0 Å². The quantitative estimate of drug-likeness (QED) is 0.810. The van der Waals surface area contributed by atoms with Gasteiger partial charge in [-0.25, -0.2) is 0 Å². The van der Waals surface area contributed by atoms with E-state index in [1.807, 2.05) is 0 Å². The lowest BCUT2D eigenvalue weighted by molar-refractivity contribution is 0.353. The van der Waals surface area contributed by atoms with Crippen LogP contribution in [0.3, 0.4) is 0 Å². The summed E-state index contributed by atoms with van der Waals surface area (Å²) in [6.07, 6.45) is 3.53. The molecule has 2 N–H and O–H groups in total. The van der Waals surface area contributed by atoms with Gasteiger partial charge in [-0.2, -0.15) is 0 Å². The van der Waals surface area contributed by atoms with Crippen LogP contribution in [0.5, 0.6) is 0 Å². The molecule has 1 unspecified atom stereocenters. The van der Waals surface area contributed by atoms with Crippen molar-refractivity contribution in [2.75, 3.05) is 0 Å². The van der Waals surface area contributed by atoms with E-state index >= 15 is 0 Å². The summed E-state index contributed by atoms with van der Waals surface area (Å²) >= 11 is 0. The van der Waals surface area contributed by atoms with E-state index in [4.69, 9.17) is 5.73 Å². The second-order valence-electron chi connectivity index (χ2n) is 6.87. The molecule has 0 amide bonds. The topological polar surface area (TPSA) is 26.0 Å². The standard InChI is InChI=1S/C17H29N/c1-12-10-13(2)16(14(3)11-12)15(18)8-7-9-17(4,5)6/h10-11,15H,7-9,18H2,1-6H3. The zero-order valence-electron chi connectivity index (χ0n) is 12.9. The minimum Gasteiger partial charge on any atom is -0.324 e. The van der Waals surface area contributed by atoms with E-state index in [0.29, 0.717) is 5.41 Å². The molecule has 0 heterocycles. The fourth-order valence-electron chi connectivity index (χ4n) is 2.77. The lowest BCUT2D eigenvalue weighted by Gasteiger charge is -2.21. The van der Waals surface area contributed by atoms with Crippen LogP contribution in [-0.4, -0.2) is 0 Å². The van der Waals surface area contributed by atoms with Gasteiger partial charge in [0.2, 0.25) is 0 Å². The minimum absolute atomic E-state index is 0.188. The van der Waals surface area contributed by atoms with Crippen LogP contribution in [0.25, 0.3) is 0 Å². The molecule has 1 atom stereocenters. The number of hydrogen-bond acceptors (Lipinski definition) is 1. The molecule has 0 fully saturated rings. The van der Waals surface area contributed by atoms with Gasteiger partial charge < -0.3 is 5.73 Å². The van der Waals surface area contributed by atoms with Crippen molar-refractivity contribution in [2.24, 2.45) is 11.1 Å². The summed E-state index contributed by atoms with van der Waals surface area (Å²) in [7, 11) is 0. The van der Waals surface area contributed by atoms with Gasteiger partial charge in [-0.3, -0.25) is 0 Å². The molecule has 0 saturated carbocycles. The Labute approximate surface area is 113 Å². The highest BCUT2D eigenvalue weighted by Crippen LogP contribution is 2.28. The number of nitrogens with two attached hydrogens (primary N) is 1. The predicted octanol–water partition coefficient (Wildman–Crippen LogP) is 4.83. The van der Waals surface area contributed by atoms with Crippen LogP contribution in [-0.2, 0) is 0 Å². The second-order valence-corrected chi connectivity index (χ2v) is 6.87. The normalized spacial score (nSPS) is 13.7. The van der Waals surface area contributed by atoms with Crippen LogP contribution in [0.1, 0.15) is 68.3 Å². The average molecular weight is 247 g/mol. The molecule has 0 aliphatic rings. The Balaban J connectivity index is 2.70. The molecule has 18 heavy (non-hydrogen) atoms. The van der Waals surface area contributed by atoms with Crippen molar-refractivity contribution in [3.8, 4) is 0 Å². The summed E-state index contributed by atoms with van der Waals surface area (Å²) in [6, 6.07) is 4.67. The molecule has 0 aliphatic carbocycles. The molecule has 0 bridgehead atoms. The molecule has 1 nitrogen and oxygen atoms in total. The van der Waals surface area contributed by atoms with Crippen molar-refractivity contribution in [2.45, 2.75) is 66.8 Å². The van der Waals surface area contributed by atoms with E-state index in [1.54, 1.807) is 0 Å². The van der Waals surface area contributed by atoms with Gasteiger partial charge in [0.25, 0.3) is 0 Å². The summed E-state index contributed by atoms with van der Waals surface area (Å²) in [5.41, 5.74) is 12.2. The molecule has 0 aromatic heterocycles. The smallest absolute Gasteiger partial charge is 0.0300 e. The van der Waals surface area contributed by atoms with E-state index in [2.05, 4.69) is 53.7 Å². The Bertz CT molecular complexity index is 376. The van der Waals surface area contributed by atoms with Gasteiger partial charge in [-0.1, -0.05) is 44.9 Å². The highest BCUT2D eigenvalue weighted by molar-refractivity contribution is 5.39. The van der Waals surface area contributed by atoms with E-state index in [9.17, 15) is 0 Å². The van der Waals surface area contributed by atoms with Crippen LogP contribution >= 0.6 is 0 Å². The SMILES string of the molecule is Cc1cc(C)c(C(N)CCCC(C)(C)C)c(C)c1. The van der Waals surface area contributed by atoms with E-state index in [-0.39, 0.29) is 6.04 Å². The van der Waals surface area contributed by atoms with Gasteiger partial charge >= 0.3 is 0 Å². The highest BCUT2D eigenvalue weighted by atomic mass is 14.6. The van der Waals surface area contributed by atoms with Gasteiger partial charge in [0.05, 0.1) is 0 Å². The molecular weight excluding hydrogens is 218 g/mol. The largest absolute Gasteiger partial charge is 0.324 e. The summed E-state index contributed by atoms with van der Waals surface area (Å²) in [6.45, 7) is 13.4. The lowest BCUT2D eigenvalue weighted by Crippen LogP contribution is -2.15. The molecule has 0 aliphatic heterocycles. The molecule has 102 valence electrons. The van der Waals surface area contributed by atoms with Gasteiger partial charge in [0, 0.05) is 6.04 Å². The molecule has 1 aromatic carbocycles. The highest BCUT2D eigenvalue weighted by Gasteiger charge is 2.15. The minimum atomic E-state index is 0.188. The maximum absolute atomic E-state index is 6.38. The zero-order valence-corrected chi connectivity index (χ0v) is 12.9. The summed E-state index contributed by atoms with van der Waals surface area (Å²) < 4.78 is 0. The van der Waals surface area contributed by atoms with Crippen LogP contribution in [0, 0.1) is 26.2 Å². The predicted molar refractivity (Wildman–Crippen MR) is 80.9 cm³/mol. The third kappa shape index (κ3) is 4.45. The maximum Gasteiger partial charge on any atom is 0.0300 e. The number of aryl methyl sites for hydroxylation is 3. The van der Waals surface area contributed by atoms with Crippen LogP contribution in [0.15, 0.2) is 12.1 Å². The molecule has 1 heteroatoms. The molecule has 0 saturated heterocycles. The van der Waals surface area contributed by atoms with Crippen LogP contribution in [0.2, 0.25) is 0 Å². The molecule has 1 rings (SSSR count). The van der Waals surface area contributed by atoms with Crippen molar-refractivity contribution >= 4 is 0 Å². The Hall–Kier alpha value is -0.820. The maximum atomic E-state index is 6.38. The summed E-state index contributed by atoms with van der Waals surface area (Å²) in [5, 5.41) is 0. The lowest BCUT2D eigenvalue weighted by atomic mass is 9.86. The Morgan fingerprint density at radius 2 is 1.56 bits per heavy atom. The first kappa shape index (κ1) is 15.2. The third-order valence-corrected chi connectivity index (χ3v) is 3.55. The second kappa shape index (κ2) is 5.88. The fraction of sp³-hybridized carbons (Fsp3) is 0.647. The van der Waals surface area contributed by atoms with Gasteiger partial charge in [0.15, 0.2) is 0 Å². The van der Waals surface area contributed by atoms with Gasteiger partial charge in [-0.15, -0.1) is 0 Å². The monoisotopic (exact) mass is 247 g/mol. The van der Waals surface area contributed by atoms with Crippen molar-refractivity contribution in [1.29, 1.82) is 0 Å². The van der Waals surface area contributed by atoms with Crippen LogP contribution < -0.4 is 5.73 Å². The molecule has 1 aromatic rings. The number of rotatable bonds is 4. The number of hydrogen-bond donors (Lipinski definition) is 1. The fourth-order valence-corrected chi connectivity index (χ4v) is 2.77. The Morgan fingerprint density at radius 3 is 2.00 bits per heavy atom. The van der Waals surface area contributed by atoms with E-state index < -0.39 is 0 Å². The number of benzene rings is 1. The molecule has 0 radical (unpaired) electrons. The van der Waals surface area contributed by atoms with Crippen molar-refractivity contribution in [3.63, 3.8) is 0 Å². The first-order valence-electron chi connectivity index (χ1n) is 7.04. The van der Waals surface area contributed by atoms with E-state index in [0.717, 1.165) is 6.42 Å². The van der Waals surface area contributed by atoms with Crippen molar-refractivity contribution in [3.05, 3.63) is 34.4 Å². The molecule has 0 spiro atoms. The van der Waals surface area contributed by atoms with Crippen molar-refractivity contribution in [1.82, 2.24) is 0 Å². The van der Waals surface area contributed by atoms with Gasteiger partial charge in [0.1, 0.15) is 0 Å². The van der Waals surface area contributed by atoms with E-state index in [1.165, 1.54) is 35.1 Å². The van der Waals surface area contributed by atoms with Crippen molar-refractivity contribution < 1.29 is 0 Å². The Kier molecular flexibility index (Phi) is 4.98.